The zero-order valence-electron chi connectivity index (χ0n) is 13.2. The highest BCUT2D eigenvalue weighted by atomic mass is 32.1. The molecule has 23 heavy (non-hydrogen) atoms. The van der Waals surface area contributed by atoms with Gasteiger partial charge in [-0.3, -0.25) is 9.59 Å². The molecule has 2 aromatic heterocycles. The van der Waals surface area contributed by atoms with Crippen LogP contribution in [0.2, 0.25) is 0 Å². The van der Waals surface area contributed by atoms with Gasteiger partial charge in [-0.25, -0.2) is 9.97 Å². The summed E-state index contributed by atoms with van der Waals surface area (Å²) in [6.07, 6.45) is 3.04. The largest absolute Gasteiger partial charge is 0.481 e. The molecule has 1 saturated heterocycles. The van der Waals surface area contributed by atoms with Crippen LogP contribution >= 0.6 is 11.3 Å². The van der Waals surface area contributed by atoms with Crippen molar-refractivity contribution in [1.82, 2.24) is 14.9 Å². The molecule has 0 bridgehead atoms. The first-order chi connectivity index (χ1) is 10.9. The highest BCUT2D eigenvalue weighted by Crippen LogP contribution is 2.35. The second-order valence-electron chi connectivity index (χ2n) is 6.47. The maximum absolute atomic E-state index is 12.8. The molecule has 1 atom stereocenters. The van der Waals surface area contributed by atoms with Gasteiger partial charge in [-0.2, -0.15) is 0 Å². The standard InChI is InChI=1S/C16H19N3O3S/c1-16(2,15(21)22)10-4-3-6-19(8-10)14(20)12-13-11(5-7-23-13)17-9-18-12/h5,7,9-10H,3-4,6,8H2,1-2H3,(H,21,22). The smallest absolute Gasteiger partial charge is 0.309 e. The first kappa shape index (κ1) is 15.9. The highest BCUT2D eigenvalue weighted by molar-refractivity contribution is 7.17. The Morgan fingerprint density at radius 2 is 2.17 bits per heavy atom. The van der Waals surface area contributed by atoms with Crippen LogP contribution < -0.4 is 0 Å². The summed E-state index contributed by atoms with van der Waals surface area (Å²) >= 11 is 1.45. The van der Waals surface area contributed by atoms with Crippen LogP contribution in [0, 0.1) is 11.3 Å². The van der Waals surface area contributed by atoms with Crippen molar-refractivity contribution < 1.29 is 14.7 Å². The molecule has 0 aliphatic carbocycles. The zero-order chi connectivity index (χ0) is 16.6. The van der Waals surface area contributed by atoms with Gasteiger partial charge in [0.2, 0.25) is 0 Å². The Bertz CT molecular complexity index is 756. The van der Waals surface area contributed by atoms with Gasteiger partial charge in [0.15, 0.2) is 0 Å². The average Bonchev–Trinajstić information content (AvgIpc) is 3.02. The number of piperidine rings is 1. The van der Waals surface area contributed by atoms with Gasteiger partial charge in [0, 0.05) is 13.1 Å². The molecular formula is C16H19N3O3S. The van der Waals surface area contributed by atoms with Gasteiger partial charge in [0.25, 0.3) is 5.91 Å². The van der Waals surface area contributed by atoms with Gasteiger partial charge < -0.3 is 10.0 Å². The minimum Gasteiger partial charge on any atom is -0.481 e. The number of aromatic nitrogens is 2. The molecule has 6 nitrogen and oxygen atoms in total. The molecule has 0 radical (unpaired) electrons. The van der Waals surface area contributed by atoms with E-state index in [1.807, 2.05) is 11.4 Å². The van der Waals surface area contributed by atoms with E-state index in [4.69, 9.17) is 0 Å². The lowest BCUT2D eigenvalue weighted by atomic mass is 9.74. The molecular weight excluding hydrogens is 314 g/mol. The molecule has 3 rings (SSSR count). The molecule has 122 valence electrons. The van der Waals surface area contributed by atoms with E-state index in [1.54, 1.807) is 18.7 Å². The first-order valence-corrected chi connectivity index (χ1v) is 8.50. The number of nitrogens with zero attached hydrogens (tertiary/aromatic N) is 3. The third kappa shape index (κ3) is 2.81. The molecule has 0 spiro atoms. The fraction of sp³-hybridized carbons (Fsp3) is 0.500. The van der Waals surface area contributed by atoms with Gasteiger partial charge >= 0.3 is 5.97 Å². The minimum absolute atomic E-state index is 0.0571. The number of fused-ring (bicyclic) bond motifs is 1. The number of rotatable bonds is 3. The van der Waals surface area contributed by atoms with Gasteiger partial charge in [-0.15, -0.1) is 11.3 Å². The summed E-state index contributed by atoms with van der Waals surface area (Å²) in [5.74, 6) is -1.01. The van der Waals surface area contributed by atoms with Crippen molar-refractivity contribution in [2.45, 2.75) is 26.7 Å². The monoisotopic (exact) mass is 333 g/mol. The molecule has 3 heterocycles. The third-order valence-corrected chi connectivity index (χ3v) is 5.64. The summed E-state index contributed by atoms with van der Waals surface area (Å²) in [5.41, 5.74) is 0.342. The lowest BCUT2D eigenvalue weighted by Gasteiger charge is -2.39. The van der Waals surface area contributed by atoms with E-state index in [0.717, 1.165) is 23.1 Å². The number of thiophene rings is 1. The van der Waals surface area contributed by atoms with E-state index in [2.05, 4.69) is 9.97 Å². The van der Waals surface area contributed by atoms with Crippen LogP contribution in [0.1, 0.15) is 37.2 Å². The predicted molar refractivity (Wildman–Crippen MR) is 87.5 cm³/mol. The SMILES string of the molecule is CC(C)(C(=O)O)C1CCCN(C(=O)c2ncnc3ccsc23)C1. The number of hydrogen-bond donors (Lipinski definition) is 1. The lowest BCUT2D eigenvalue weighted by Crippen LogP contribution is -2.47. The molecule has 1 N–H and O–H groups in total. The molecule has 0 aromatic carbocycles. The summed E-state index contributed by atoms with van der Waals surface area (Å²) in [5, 5.41) is 11.3. The average molecular weight is 333 g/mol. The van der Waals surface area contributed by atoms with Crippen molar-refractivity contribution in [3.63, 3.8) is 0 Å². The van der Waals surface area contributed by atoms with E-state index in [9.17, 15) is 14.7 Å². The number of carboxylic acid groups (broad SMARTS) is 1. The van der Waals surface area contributed by atoms with E-state index in [0.29, 0.717) is 18.8 Å². The second-order valence-corrected chi connectivity index (χ2v) is 7.39. The molecule has 1 aliphatic rings. The minimum atomic E-state index is -0.844. The van der Waals surface area contributed by atoms with Crippen molar-refractivity contribution in [2.24, 2.45) is 11.3 Å². The molecule has 1 unspecified atom stereocenters. The summed E-state index contributed by atoms with van der Waals surface area (Å²) < 4.78 is 0.789. The van der Waals surface area contributed by atoms with Gasteiger partial charge in [0.1, 0.15) is 12.0 Å². The molecule has 7 heteroatoms. The molecule has 2 aromatic rings. The predicted octanol–water partition coefficient (Wildman–Crippen LogP) is 2.65. The summed E-state index contributed by atoms with van der Waals surface area (Å²) in [6.45, 7) is 4.56. The van der Waals surface area contributed by atoms with Crippen LogP contribution in [0.15, 0.2) is 17.8 Å². The highest BCUT2D eigenvalue weighted by Gasteiger charge is 2.40. The van der Waals surface area contributed by atoms with E-state index in [-0.39, 0.29) is 11.8 Å². The normalized spacial score (nSPS) is 19.0. The fourth-order valence-electron chi connectivity index (χ4n) is 3.02. The summed E-state index contributed by atoms with van der Waals surface area (Å²) in [6, 6.07) is 1.87. The Balaban J connectivity index is 1.85. The van der Waals surface area contributed by atoms with Crippen LogP contribution in [0.5, 0.6) is 0 Å². The van der Waals surface area contributed by atoms with Crippen molar-refractivity contribution >= 4 is 33.4 Å². The summed E-state index contributed by atoms with van der Waals surface area (Å²) in [4.78, 5) is 34.4. The van der Waals surface area contributed by atoms with Crippen LogP contribution in [-0.2, 0) is 4.79 Å². The Kier molecular flexibility index (Phi) is 4.06. The Labute approximate surface area is 138 Å². The fourth-order valence-corrected chi connectivity index (χ4v) is 3.84. The van der Waals surface area contributed by atoms with Gasteiger partial charge in [0.05, 0.1) is 15.6 Å². The number of carbonyl (C=O) groups excluding carboxylic acids is 1. The number of likely N-dealkylation sites (tertiary alicyclic amines) is 1. The number of amides is 1. The Hall–Kier alpha value is -2.02. The van der Waals surface area contributed by atoms with Crippen molar-refractivity contribution in [1.29, 1.82) is 0 Å². The molecule has 1 aliphatic heterocycles. The van der Waals surface area contributed by atoms with Crippen molar-refractivity contribution in [3.05, 3.63) is 23.5 Å². The van der Waals surface area contributed by atoms with Crippen molar-refractivity contribution in [2.75, 3.05) is 13.1 Å². The van der Waals surface area contributed by atoms with E-state index >= 15 is 0 Å². The van der Waals surface area contributed by atoms with Crippen molar-refractivity contribution in [3.8, 4) is 0 Å². The lowest BCUT2D eigenvalue weighted by molar-refractivity contribution is -0.151. The molecule has 1 amide bonds. The van der Waals surface area contributed by atoms with E-state index < -0.39 is 11.4 Å². The van der Waals surface area contributed by atoms with E-state index in [1.165, 1.54) is 17.7 Å². The first-order valence-electron chi connectivity index (χ1n) is 7.62. The third-order valence-electron chi connectivity index (χ3n) is 4.73. The van der Waals surface area contributed by atoms with Gasteiger partial charge in [-0.1, -0.05) is 0 Å². The topological polar surface area (TPSA) is 83.4 Å². The van der Waals surface area contributed by atoms with Crippen LogP contribution in [-0.4, -0.2) is 44.9 Å². The maximum Gasteiger partial charge on any atom is 0.309 e. The number of carboxylic acids is 1. The quantitative estimate of drug-likeness (QED) is 0.933. The Morgan fingerprint density at radius 3 is 2.91 bits per heavy atom. The summed E-state index contributed by atoms with van der Waals surface area (Å²) in [7, 11) is 0. The molecule has 0 saturated carbocycles. The zero-order valence-corrected chi connectivity index (χ0v) is 14.0. The number of hydrogen-bond acceptors (Lipinski definition) is 5. The number of aliphatic carboxylic acids is 1. The maximum atomic E-state index is 12.8. The second kappa shape index (κ2) is 5.88. The number of carbonyl (C=O) groups is 2. The Morgan fingerprint density at radius 1 is 1.39 bits per heavy atom. The van der Waals surface area contributed by atoms with Crippen LogP contribution in [0.25, 0.3) is 10.2 Å². The van der Waals surface area contributed by atoms with Crippen LogP contribution in [0.3, 0.4) is 0 Å². The molecule has 1 fully saturated rings. The van der Waals surface area contributed by atoms with Gasteiger partial charge in [-0.05, 0) is 44.1 Å². The van der Waals surface area contributed by atoms with Crippen LogP contribution in [0.4, 0.5) is 0 Å².